The molecule has 0 aliphatic carbocycles. The number of rotatable bonds is 3. The number of nitrogens with one attached hydrogen (secondary N) is 2. The van der Waals surface area contributed by atoms with Gasteiger partial charge >= 0.3 is 18.2 Å². The molecule has 5 heterocycles. The number of hydrogen-bond acceptors (Lipinski definition) is 7. The highest BCUT2D eigenvalue weighted by molar-refractivity contribution is 6.03. The minimum Gasteiger partial charge on any atom is -0.494 e. The molecule has 14 heteroatoms. The van der Waals surface area contributed by atoms with Crippen LogP contribution in [0.2, 0.25) is 0 Å². The molecule has 0 bridgehead atoms. The van der Waals surface area contributed by atoms with Crippen molar-refractivity contribution in [3.05, 3.63) is 42.0 Å². The first-order valence-corrected chi connectivity index (χ1v) is 11.9. The third kappa shape index (κ3) is 5.74. The number of carbonyl (C=O) groups excluding carboxylic acids is 1. The third-order valence-electron chi connectivity index (χ3n) is 6.18. The van der Waals surface area contributed by atoms with Crippen LogP contribution >= 0.6 is 0 Å². The standard InChI is InChI=1S/C22H27N7O2.C2HF3O2/c1-14-11-27(9-7-23-14)18-4-6-24-21-16(18)5-8-29(21)22(30)26-17-13-28-12-15(2)25-20(28)10-19(17)31-3;3-2(4,5)1(6)7/h4,6,10,12-14,23H,5,7-9,11H2,1-3H3,(H,26,30);(H,6,7)/t14-;/m1./s1. The van der Waals surface area contributed by atoms with Gasteiger partial charge in [0.15, 0.2) is 0 Å². The number of urea groups is 1. The lowest BCUT2D eigenvalue weighted by atomic mass is 10.1. The summed E-state index contributed by atoms with van der Waals surface area (Å²) in [5.41, 5.74) is 4.59. The number of alkyl halides is 3. The zero-order chi connectivity index (χ0) is 27.6. The van der Waals surface area contributed by atoms with E-state index in [0.717, 1.165) is 48.8 Å². The van der Waals surface area contributed by atoms with Crippen LogP contribution in [0.15, 0.2) is 30.7 Å². The fourth-order valence-electron chi connectivity index (χ4n) is 4.51. The van der Waals surface area contributed by atoms with E-state index in [1.54, 1.807) is 18.2 Å². The zero-order valence-electron chi connectivity index (χ0n) is 21.0. The Morgan fingerprint density at radius 2 is 2.00 bits per heavy atom. The molecule has 3 aromatic heterocycles. The van der Waals surface area contributed by atoms with Crippen molar-refractivity contribution in [2.24, 2.45) is 0 Å². The largest absolute Gasteiger partial charge is 0.494 e. The van der Waals surface area contributed by atoms with Gasteiger partial charge < -0.3 is 29.8 Å². The summed E-state index contributed by atoms with van der Waals surface area (Å²) in [7, 11) is 1.59. The van der Waals surface area contributed by atoms with E-state index in [1.807, 2.05) is 29.8 Å². The molecule has 2 amide bonds. The number of halogens is 3. The second-order valence-electron chi connectivity index (χ2n) is 8.97. The fraction of sp³-hybridized carbons (Fsp3) is 0.417. The lowest BCUT2D eigenvalue weighted by molar-refractivity contribution is -0.192. The smallest absolute Gasteiger partial charge is 0.490 e. The van der Waals surface area contributed by atoms with Gasteiger partial charge in [-0.1, -0.05) is 0 Å². The van der Waals surface area contributed by atoms with Gasteiger partial charge in [-0.05, 0) is 26.3 Å². The number of carbonyl (C=O) groups is 2. The van der Waals surface area contributed by atoms with Crippen molar-refractivity contribution < 1.29 is 32.6 Å². The molecule has 3 N–H and O–H groups in total. The average molecular weight is 536 g/mol. The van der Waals surface area contributed by atoms with Crippen LogP contribution in [0.5, 0.6) is 5.75 Å². The molecule has 204 valence electrons. The number of aliphatic carboxylic acids is 1. The van der Waals surface area contributed by atoms with E-state index in [1.165, 1.54) is 5.69 Å². The number of ether oxygens (including phenoxy) is 1. The van der Waals surface area contributed by atoms with Crippen LogP contribution in [0, 0.1) is 6.92 Å². The summed E-state index contributed by atoms with van der Waals surface area (Å²) in [6.45, 7) is 7.58. The molecule has 1 atom stereocenters. The first-order chi connectivity index (χ1) is 18.0. The number of hydrogen-bond donors (Lipinski definition) is 3. The van der Waals surface area contributed by atoms with E-state index >= 15 is 0 Å². The van der Waals surface area contributed by atoms with Crippen LogP contribution in [0.4, 0.5) is 35.2 Å². The molecular formula is C24H28F3N7O4. The summed E-state index contributed by atoms with van der Waals surface area (Å²) in [4.78, 5) is 35.2. The number of pyridine rings is 2. The summed E-state index contributed by atoms with van der Waals surface area (Å²) in [6, 6.07) is 4.11. The van der Waals surface area contributed by atoms with Gasteiger partial charge in [-0.2, -0.15) is 13.2 Å². The van der Waals surface area contributed by atoms with Crippen molar-refractivity contribution in [1.82, 2.24) is 19.7 Å². The molecule has 2 aliphatic heterocycles. The molecule has 0 aromatic carbocycles. The maximum Gasteiger partial charge on any atom is 0.490 e. The van der Waals surface area contributed by atoms with Gasteiger partial charge in [0, 0.05) is 68.1 Å². The molecule has 1 fully saturated rings. The first kappa shape index (κ1) is 27.0. The van der Waals surface area contributed by atoms with E-state index < -0.39 is 12.1 Å². The molecule has 5 rings (SSSR count). The van der Waals surface area contributed by atoms with Crippen molar-refractivity contribution in [3.8, 4) is 5.75 Å². The molecule has 1 saturated heterocycles. The Labute approximate surface area is 216 Å². The van der Waals surface area contributed by atoms with Crippen molar-refractivity contribution in [1.29, 1.82) is 0 Å². The molecule has 0 radical (unpaired) electrons. The number of amides is 2. The quantitative estimate of drug-likeness (QED) is 0.468. The highest BCUT2D eigenvalue weighted by Crippen LogP contribution is 2.35. The van der Waals surface area contributed by atoms with E-state index in [4.69, 9.17) is 14.6 Å². The normalized spacial score (nSPS) is 17.1. The zero-order valence-corrected chi connectivity index (χ0v) is 21.0. The molecule has 11 nitrogen and oxygen atoms in total. The Morgan fingerprint density at radius 3 is 2.66 bits per heavy atom. The number of carboxylic acids is 1. The maximum atomic E-state index is 13.2. The highest BCUT2D eigenvalue weighted by Gasteiger charge is 2.38. The SMILES string of the molecule is COc1cc2nc(C)cn2cc1NC(=O)N1CCc2c(N3CCN[C@H](C)C3)ccnc21.O=C(O)C(F)(F)F. The van der Waals surface area contributed by atoms with Gasteiger partial charge in [0.1, 0.15) is 22.9 Å². The van der Waals surface area contributed by atoms with Crippen molar-refractivity contribution in [2.45, 2.75) is 32.5 Å². The molecule has 0 unspecified atom stereocenters. The predicted octanol–water partition coefficient (Wildman–Crippen LogP) is 3.07. The Bertz CT molecular complexity index is 1340. The third-order valence-corrected chi connectivity index (χ3v) is 6.18. The number of aromatic nitrogens is 3. The van der Waals surface area contributed by atoms with Crippen LogP contribution in [-0.4, -0.2) is 77.0 Å². The van der Waals surface area contributed by atoms with Crippen molar-refractivity contribution >= 4 is 34.8 Å². The fourth-order valence-corrected chi connectivity index (χ4v) is 4.51. The number of aryl methyl sites for hydroxylation is 1. The van der Waals surface area contributed by atoms with Gasteiger partial charge in [-0.25, -0.2) is 19.6 Å². The summed E-state index contributed by atoms with van der Waals surface area (Å²) >= 11 is 0. The van der Waals surface area contributed by atoms with E-state index in [9.17, 15) is 18.0 Å². The second-order valence-corrected chi connectivity index (χ2v) is 8.97. The van der Waals surface area contributed by atoms with Gasteiger partial charge in [-0.15, -0.1) is 0 Å². The number of fused-ring (bicyclic) bond motifs is 2. The van der Waals surface area contributed by atoms with Gasteiger partial charge in [0.05, 0.1) is 12.8 Å². The van der Waals surface area contributed by atoms with Gasteiger partial charge in [0.2, 0.25) is 0 Å². The summed E-state index contributed by atoms with van der Waals surface area (Å²) < 4.78 is 39.1. The number of imidazole rings is 1. The van der Waals surface area contributed by atoms with Gasteiger partial charge in [0.25, 0.3) is 0 Å². The number of carboxylic acid groups (broad SMARTS) is 1. The van der Waals surface area contributed by atoms with E-state index in [2.05, 4.69) is 38.5 Å². The molecular weight excluding hydrogens is 507 g/mol. The predicted molar refractivity (Wildman–Crippen MR) is 134 cm³/mol. The van der Waals surface area contributed by atoms with Crippen molar-refractivity contribution in [3.63, 3.8) is 0 Å². The summed E-state index contributed by atoms with van der Waals surface area (Å²) in [5.74, 6) is -1.45. The minimum atomic E-state index is -5.08. The lowest BCUT2D eigenvalue weighted by Gasteiger charge is -2.34. The van der Waals surface area contributed by atoms with Gasteiger partial charge in [-0.3, -0.25) is 4.90 Å². The Hall–Kier alpha value is -4.07. The monoisotopic (exact) mass is 535 g/mol. The highest BCUT2D eigenvalue weighted by atomic mass is 19.4. The molecule has 3 aromatic rings. The van der Waals surface area contributed by atoms with Crippen LogP contribution < -0.4 is 25.2 Å². The topological polar surface area (TPSA) is 124 Å². The second kappa shape index (κ2) is 10.7. The summed E-state index contributed by atoms with van der Waals surface area (Å²) in [6.07, 6.45) is 1.25. The first-order valence-electron chi connectivity index (χ1n) is 11.9. The van der Waals surface area contributed by atoms with Crippen LogP contribution in [-0.2, 0) is 11.2 Å². The lowest BCUT2D eigenvalue weighted by Crippen LogP contribution is -2.49. The number of methoxy groups -OCH3 is 1. The summed E-state index contributed by atoms with van der Waals surface area (Å²) in [5, 5.41) is 13.6. The maximum absolute atomic E-state index is 13.2. The molecule has 38 heavy (non-hydrogen) atoms. The van der Waals surface area contributed by atoms with Crippen LogP contribution in [0.1, 0.15) is 18.2 Å². The van der Waals surface area contributed by atoms with E-state index in [0.29, 0.717) is 24.0 Å². The Balaban J connectivity index is 0.000000426. The van der Waals surface area contributed by atoms with Crippen LogP contribution in [0.3, 0.4) is 0 Å². The molecule has 0 saturated carbocycles. The number of nitrogens with zero attached hydrogens (tertiary/aromatic N) is 5. The van der Waals surface area contributed by atoms with Crippen molar-refractivity contribution in [2.75, 3.05) is 48.4 Å². The molecule has 2 aliphatic rings. The molecule has 0 spiro atoms. The minimum absolute atomic E-state index is 0.216. The Kier molecular flexibility index (Phi) is 7.62. The average Bonchev–Trinajstić information content (AvgIpc) is 3.45. The number of anilines is 3. The van der Waals surface area contributed by atoms with Crippen LogP contribution in [0.25, 0.3) is 5.65 Å². The Morgan fingerprint density at radius 1 is 1.26 bits per heavy atom. The number of piperazine rings is 1. The van der Waals surface area contributed by atoms with E-state index in [-0.39, 0.29) is 6.03 Å².